The van der Waals surface area contributed by atoms with Gasteiger partial charge in [-0.2, -0.15) is 0 Å². The molecule has 3 heterocycles. The average Bonchev–Trinajstić information content (AvgIpc) is 3.67. The number of phosphoric acid groups is 2. The highest BCUT2D eigenvalue weighted by Crippen LogP contribution is 2.52. The van der Waals surface area contributed by atoms with E-state index in [9.17, 15) is 48.0 Å². The second-order valence-corrected chi connectivity index (χ2v) is 16.6. The molecule has 5 unspecified atom stereocenters. The number of allylic oxidation sites excluding steroid dienone is 2. The van der Waals surface area contributed by atoms with Crippen molar-refractivity contribution >= 4 is 21.7 Å². The fourth-order valence-corrected chi connectivity index (χ4v) is 8.40. The highest BCUT2D eigenvalue weighted by molar-refractivity contribution is 7.47. The van der Waals surface area contributed by atoms with Crippen molar-refractivity contribution in [3.63, 3.8) is 0 Å². The van der Waals surface area contributed by atoms with Crippen molar-refractivity contribution < 1.29 is 56.4 Å². The van der Waals surface area contributed by atoms with Crippen LogP contribution >= 0.6 is 15.6 Å². The molecule has 0 radical (unpaired) electrons. The molecule has 1 saturated carbocycles. The Labute approximate surface area is 313 Å². The Balaban J connectivity index is 1.17. The topological polar surface area (TPSA) is 289 Å². The van der Waals surface area contributed by atoms with Crippen molar-refractivity contribution in [3.05, 3.63) is 77.3 Å². The molecule has 6 N–H and O–H groups in total. The lowest BCUT2D eigenvalue weighted by Crippen LogP contribution is -2.33. The van der Waals surface area contributed by atoms with Crippen LogP contribution in [0.2, 0.25) is 0 Å². The number of carbonyl (C=O) groups is 1. The van der Waals surface area contributed by atoms with Crippen LogP contribution in [0.15, 0.2) is 43.7 Å². The maximum absolute atomic E-state index is 13.2. The van der Waals surface area contributed by atoms with Gasteiger partial charge < -0.3 is 29.7 Å². The van der Waals surface area contributed by atoms with Gasteiger partial charge in [-0.25, -0.2) is 23.5 Å². The number of aromatic nitrogens is 4. The summed E-state index contributed by atoms with van der Waals surface area (Å²) in [6.45, 7) is 1.17. The maximum Gasteiger partial charge on any atom is 0.472 e. The fraction of sp³-hybridized carbons (Fsp3) is 0.656. The molecule has 5 rings (SSSR count). The van der Waals surface area contributed by atoms with E-state index < -0.39 is 101 Å². The summed E-state index contributed by atoms with van der Waals surface area (Å²) >= 11 is 0. The van der Waals surface area contributed by atoms with Gasteiger partial charge in [0.1, 0.15) is 18.4 Å². The lowest BCUT2D eigenvalue weighted by molar-refractivity contribution is -0.0492. The summed E-state index contributed by atoms with van der Waals surface area (Å²) < 4.78 is 60.2. The number of H-pyrrole nitrogens is 2. The molecule has 306 valence electrons. The predicted octanol–water partition coefficient (Wildman–Crippen LogP) is 1.55. The number of rotatable bonds is 15. The number of aryl methyl sites for hydroxylation is 2. The number of alkyl carbamates (subject to hydrolysis) is 1. The van der Waals surface area contributed by atoms with Crippen LogP contribution in [-0.2, 0) is 36.7 Å². The number of carbonyl (C=O) groups excluding carboxylic acids is 1. The number of hydrogen-bond acceptors (Lipinski definition) is 14. The Morgan fingerprint density at radius 1 is 0.891 bits per heavy atom. The third-order valence-corrected chi connectivity index (χ3v) is 11.5. The number of amides is 1. The van der Waals surface area contributed by atoms with Crippen LogP contribution in [-0.4, -0.2) is 90.9 Å². The minimum atomic E-state index is -4.96. The van der Waals surface area contributed by atoms with E-state index >= 15 is 0 Å². The molecule has 1 saturated heterocycles. The van der Waals surface area contributed by atoms with Crippen LogP contribution in [0.1, 0.15) is 74.8 Å². The van der Waals surface area contributed by atoms with Crippen LogP contribution in [0.4, 0.5) is 4.79 Å². The molecule has 9 atom stereocenters. The van der Waals surface area contributed by atoms with E-state index in [0.29, 0.717) is 6.42 Å². The molecular weight excluding hydrogens is 772 g/mol. The Morgan fingerprint density at radius 3 is 2.27 bits per heavy atom. The van der Waals surface area contributed by atoms with E-state index in [1.54, 1.807) is 0 Å². The van der Waals surface area contributed by atoms with E-state index in [1.165, 1.54) is 30.8 Å². The van der Waals surface area contributed by atoms with Gasteiger partial charge in [0.15, 0.2) is 0 Å². The molecule has 55 heavy (non-hydrogen) atoms. The van der Waals surface area contributed by atoms with E-state index in [0.717, 1.165) is 30.3 Å². The predicted molar refractivity (Wildman–Crippen MR) is 191 cm³/mol. The number of phosphoric ester groups is 2. The number of nitrogens with zero attached hydrogens (tertiary/aromatic N) is 2. The monoisotopic (exact) mass is 819 g/mol. The number of aromatic amines is 2. The molecule has 1 amide bonds. The summed E-state index contributed by atoms with van der Waals surface area (Å²) in [6.07, 6.45) is 4.94. The third kappa shape index (κ3) is 12.0. The van der Waals surface area contributed by atoms with Gasteiger partial charge in [-0.05, 0) is 58.8 Å². The van der Waals surface area contributed by atoms with Gasteiger partial charge in [0, 0.05) is 48.4 Å². The standard InChI is InChI=1S/C32H47N5O16P2/c1-19-15-36(30(41)34-28(19)39)22-12-21(17-49-54(44,45)48-11-10-33-32(43)51-23-8-6-4-3-5-7-9-23)25(13-22)53-55(46,47)50-18-26-24(38)14-27(52-26)37-16-20(2)29(40)35-31(37)42/h3-4,15-16,21-27,38H,5-14,17-18H2,1-2H3,(H,33,43)(H,44,45)(H,46,47)(H,34,39,41)(H,35,40,42)/b4-3+/t21-,22-,23?,24?,25?,26-,27-/m1/s1. The van der Waals surface area contributed by atoms with Gasteiger partial charge in [-0.15, -0.1) is 0 Å². The van der Waals surface area contributed by atoms with Crippen molar-refractivity contribution in [1.82, 2.24) is 24.4 Å². The number of nitrogens with one attached hydrogen (secondary N) is 3. The van der Waals surface area contributed by atoms with Gasteiger partial charge in [0.2, 0.25) is 0 Å². The number of ether oxygens (including phenoxy) is 2. The molecule has 3 aliphatic rings. The number of aliphatic hydroxyl groups excluding tert-OH is 1. The molecule has 23 heteroatoms. The number of aliphatic hydroxyl groups is 1. The first kappa shape index (κ1) is 42.6. The van der Waals surface area contributed by atoms with Gasteiger partial charge in [-0.1, -0.05) is 12.2 Å². The highest BCUT2D eigenvalue weighted by atomic mass is 31.2. The minimum Gasteiger partial charge on any atom is -0.446 e. The second kappa shape index (κ2) is 18.6. The first-order chi connectivity index (χ1) is 26.0. The molecule has 2 aliphatic carbocycles. The van der Waals surface area contributed by atoms with Crippen molar-refractivity contribution in [1.29, 1.82) is 0 Å². The summed E-state index contributed by atoms with van der Waals surface area (Å²) in [7, 11) is -9.70. The fourth-order valence-electron chi connectivity index (χ4n) is 6.63. The van der Waals surface area contributed by atoms with Crippen molar-refractivity contribution in [2.24, 2.45) is 5.92 Å². The average molecular weight is 820 g/mol. The van der Waals surface area contributed by atoms with Crippen molar-refractivity contribution in [2.75, 3.05) is 26.4 Å². The van der Waals surface area contributed by atoms with Crippen LogP contribution in [0.5, 0.6) is 0 Å². The summed E-state index contributed by atoms with van der Waals surface area (Å²) in [5.41, 5.74) is -2.28. The lowest BCUT2D eigenvalue weighted by Gasteiger charge is -2.24. The van der Waals surface area contributed by atoms with Crippen molar-refractivity contribution in [2.45, 2.75) is 102 Å². The van der Waals surface area contributed by atoms with Crippen LogP contribution in [0.25, 0.3) is 0 Å². The molecule has 2 fully saturated rings. The first-order valence-electron chi connectivity index (χ1n) is 17.8. The SMILES string of the molecule is Cc1cn([C@H]2CC(OP(=O)(O)OC[C@H]3O[C@@H](n4cc(C)c(=O)[nH]c4=O)CC3O)[C@@H](COP(=O)(O)OCCNC(=O)OC3CC/C=C/CCC3)C2)c(=O)[nH]c1=O. The second-order valence-electron chi connectivity index (χ2n) is 13.7. The van der Waals surface area contributed by atoms with Gasteiger partial charge in [0.05, 0.1) is 32.0 Å². The normalized spacial score (nSPS) is 28.4. The molecular formula is C32H47N5O16P2. The van der Waals surface area contributed by atoms with Crippen LogP contribution in [0, 0.1) is 19.8 Å². The third-order valence-electron chi connectivity index (χ3n) is 9.55. The molecule has 1 aliphatic heterocycles. The molecule has 2 aromatic heterocycles. The zero-order valence-electron chi connectivity index (χ0n) is 30.3. The zero-order chi connectivity index (χ0) is 39.9. The Morgan fingerprint density at radius 2 is 1.55 bits per heavy atom. The zero-order valence-corrected chi connectivity index (χ0v) is 32.1. The quantitative estimate of drug-likeness (QED) is 0.0844. The molecule has 0 spiro atoms. The van der Waals surface area contributed by atoms with Gasteiger partial charge in [-0.3, -0.25) is 46.8 Å². The summed E-state index contributed by atoms with van der Waals surface area (Å²) in [4.78, 5) is 86.3. The lowest BCUT2D eigenvalue weighted by atomic mass is 10.0. The van der Waals surface area contributed by atoms with E-state index in [4.69, 9.17) is 27.6 Å². The van der Waals surface area contributed by atoms with Gasteiger partial charge >= 0.3 is 33.1 Å². The molecule has 0 bridgehead atoms. The Kier molecular flexibility index (Phi) is 14.5. The molecule has 2 aromatic rings. The van der Waals surface area contributed by atoms with E-state index in [2.05, 4.69) is 21.4 Å². The minimum absolute atomic E-state index is 0.0277. The van der Waals surface area contributed by atoms with E-state index in [1.807, 2.05) is 6.08 Å². The Bertz CT molecular complexity index is 2030. The molecule has 0 aromatic carbocycles. The van der Waals surface area contributed by atoms with Gasteiger partial charge in [0.25, 0.3) is 11.1 Å². The van der Waals surface area contributed by atoms with Crippen LogP contribution in [0.3, 0.4) is 0 Å². The smallest absolute Gasteiger partial charge is 0.446 e. The first-order valence-corrected chi connectivity index (χ1v) is 20.8. The Hall–Kier alpha value is -3.49. The molecule has 21 nitrogen and oxygen atoms in total. The largest absolute Gasteiger partial charge is 0.472 e. The summed E-state index contributed by atoms with van der Waals surface area (Å²) in [6, 6.07) is -0.718. The van der Waals surface area contributed by atoms with Crippen LogP contribution < -0.4 is 27.8 Å². The summed E-state index contributed by atoms with van der Waals surface area (Å²) in [5.74, 6) is -0.892. The maximum atomic E-state index is 13.2. The number of hydrogen-bond donors (Lipinski definition) is 6. The summed E-state index contributed by atoms with van der Waals surface area (Å²) in [5, 5.41) is 13.0. The van der Waals surface area contributed by atoms with E-state index in [-0.39, 0.29) is 43.0 Å². The van der Waals surface area contributed by atoms with Crippen molar-refractivity contribution in [3.8, 4) is 0 Å². The highest BCUT2D eigenvalue weighted by Gasteiger charge is 2.44.